The fraction of sp³-hybridized carbons (Fsp3) is 0.333. The molecule has 5 nitrogen and oxygen atoms in total. The summed E-state index contributed by atoms with van der Waals surface area (Å²) < 4.78 is 78.8. The molecule has 190 valence electrons. The van der Waals surface area contributed by atoms with E-state index in [1.165, 1.54) is 17.4 Å². The Morgan fingerprint density at radius 3 is 2.22 bits per heavy atom. The van der Waals surface area contributed by atoms with Crippen LogP contribution in [0.25, 0.3) is 33.2 Å². The van der Waals surface area contributed by atoms with E-state index in [1.54, 1.807) is 12.1 Å². The molecule has 0 aliphatic carbocycles. The largest absolute Gasteiger partial charge is 0.451 e. The maximum Gasteiger partial charge on any atom is 0.451 e. The highest BCUT2D eigenvalue weighted by atomic mass is 32.1. The van der Waals surface area contributed by atoms with Gasteiger partial charge in [0, 0.05) is 16.0 Å². The van der Waals surface area contributed by atoms with Crippen molar-refractivity contribution >= 4 is 11.3 Å². The Morgan fingerprint density at radius 2 is 1.56 bits per heavy atom. The van der Waals surface area contributed by atoms with Crippen molar-refractivity contribution in [3.8, 4) is 33.2 Å². The number of unbranched alkanes of at least 4 members (excludes halogenated alkanes) is 3. The molecule has 0 aromatic carbocycles. The maximum atomic E-state index is 13.2. The predicted molar refractivity (Wildman–Crippen MR) is 124 cm³/mol. The van der Waals surface area contributed by atoms with E-state index < -0.39 is 23.9 Å². The molecule has 0 spiro atoms. The average Bonchev–Trinajstić information content (AvgIpc) is 3.51. The zero-order chi connectivity index (χ0) is 25.9. The minimum atomic E-state index is -4.76. The van der Waals surface area contributed by atoms with E-state index in [9.17, 15) is 26.3 Å². The number of rotatable bonds is 8. The first kappa shape index (κ1) is 25.8. The molecule has 0 aliphatic rings. The van der Waals surface area contributed by atoms with Crippen LogP contribution in [0.3, 0.4) is 0 Å². The molecular formula is C24H21F6N5S. The normalized spacial score (nSPS) is 12.3. The molecule has 0 radical (unpaired) electrons. The predicted octanol–water partition coefficient (Wildman–Crippen LogP) is 7.82. The zero-order valence-electron chi connectivity index (χ0n) is 19.0. The summed E-state index contributed by atoms with van der Waals surface area (Å²) in [5.41, 5.74) is -0.541. The average molecular weight is 526 g/mol. The molecule has 36 heavy (non-hydrogen) atoms. The molecule has 0 aliphatic heterocycles. The van der Waals surface area contributed by atoms with E-state index in [0.29, 0.717) is 5.56 Å². The Bertz CT molecular complexity index is 1330. The molecule has 0 fully saturated rings. The van der Waals surface area contributed by atoms with Crippen LogP contribution in [0, 0.1) is 0 Å². The second-order valence-electron chi connectivity index (χ2n) is 8.13. The number of nitrogens with zero attached hydrogens (tertiary/aromatic N) is 4. The monoisotopic (exact) mass is 525 g/mol. The van der Waals surface area contributed by atoms with Crippen LogP contribution in [0.4, 0.5) is 26.3 Å². The van der Waals surface area contributed by atoms with Crippen LogP contribution in [0.2, 0.25) is 0 Å². The number of pyridine rings is 1. The fourth-order valence-corrected chi connectivity index (χ4v) is 4.60. The summed E-state index contributed by atoms with van der Waals surface area (Å²) >= 11 is 1.52. The minimum absolute atomic E-state index is 0.0601. The number of hydrogen-bond donors (Lipinski definition) is 1. The summed E-state index contributed by atoms with van der Waals surface area (Å²) in [5.74, 6) is -1.33. The van der Waals surface area contributed by atoms with Crippen molar-refractivity contribution in [1.82, 2.24) is 25.1 Å². The Morgan fingerprint density at radius 1 is 0.806 bits per heavy atom. The van der Waals surface area contributed by atoms with Crippen molar-refractivity contribution in [1.29, 1.82) is 0 Å². The minimum Gasteiger partial charge on any atom is -0.273 e. The number of halogens is 6. The Kier molecular flexibility index (Phi) is 7.43. The SMILES string of the molecule is CCCCCCc1ccc(-c2cc(-c3cc(C(F)(F)F)[nH]n3)nc(-c3ccnc(C(F)(F)F)n3)c2)s1. The standard InChI is InChI=1S/C24H21F6N5S/c1-2-3-4-5-6-15-7-8-20(36-15)14-11-17(16-9-10-31-22(33-16)24(28,29)30)32-18(12-14)19-13-21(35-34-19)23(25,26)27/h7-13H,2-6H2,1H3,(H,34,35). The van der Waals surface area contributed by atoms with Crippen LogP contribution in [0.5, 0.6) is 0 Å². The van der Waals surface area contributed by atoms with E-state index in [4.69, 9.17) is 0 Å². The maximum absolute atomic E-state index is 13.2. The third-order valence-corrected chi connectivity index (χ3v) is 6.56. The Labute approximate surface area is 206 Å². The topological polar surface area (TPSA) is 67.3 Å². The first-order valence-electron chi connectivity index (χ1n) is 11.2. The van der Waals surface area contributed by atoms with Gasteiger partial charge in [0.25, 0.3) is 0 Å². The molecule has 4 rings (SSSR count). The first-order valence-corrected chi connectivity index (χ1v) is 12.0. The van der Waals surface area contributed by atoms with Crippen molar-refractivity contribution in [2.24, 2.45) is 0 Å². The lowest BCUT2D eigenvalue weighted by molar-refractivity contribution is -0.145. The molecule has 0 saturated heterocycles. The van der Waals surface area contributed by atoms with Gasteiger partial charge in [-0.05, 0) is 54.8 Å². The van der Waals surface area contributed by atoms with Gasteiger partial charge in [0.05, 0.1) is 17.1 Å². The van der Waals surface area contributed by atoms with E-state index in [0.717, 1.165) is 54.1 Å². The molecular weight excluding hydrogens is 504 g/mol. The van der Waals surface area contributed by atoms with E-state index in [1.807, 2.05) is 17.2 Å². The third kappa shape index (κ3) is 6.10. The molecule has 4 aromatic heterocycles. The summed E-state index contributed by atoms with van der Waals surface area (Å²) in [6, 6.07) is 9.08. The molecule has 0 amide bonds. The smallest absolute Gasteiger partial charge is 0.273 e. The second kappa shape index (κ2) is 10.4. The van der Waals surface area contributed by atoms with E-state index in [2.05, 4.69) is 27.0 Å². The highest BCUT2D eigenvalue weighted by Crippen LogP contribution is 2.36. The first-order chi connectivity index (χ1) is 17.0. The quantitative estimate of drug-likeness (QED) is 0.188. The number of thiophene rings is 1. The summed E-state index contributed by atoms with van der Waals surface area (Å²) in [6.45, 7) is 2.13. The number of aryl methyl sites for hydroxylation is 1. The van der Waals surface area contributed by atoms with Gasteiger partial charge >= 0.3 is 12.4 Å². The number of nitrogens with one attached hydrogen (secondary N) is 1. The van der Waals surface area contributed by atoms with Gasteiger partial charge in [-0.25, -0.2) is 15.0 Å². The fourth-order valence-electron chi connectivity index (χ4n) is 3.56. The molecule has 0 unspecified atom stereocenters. The van der Waals surface area contributed by atoms with Crippen LogP contribution < -0.4 is 0 Å². The Balaban J connectivity index is 1.76. The lowest BCUT2D eigenvalue weighted by Gasteiger charge is -2.09. The molecule has 12 heteroatoms. The number of alkyl halides is 6. The van der Waals surface area contributed by atoms with Crippen molar-refractivity contribution in [2.75, 3.05) is 0 Å². The van der Waals surface area contributed by atoms with Gasteiger partial charge in [-0.3, -0.25) is 5.10 Å². The van der Waals surface area contributed by atoms with Gasteiger partial charge < -0.3 is 0 Å². The summed E-state index contributed by atoms with van der Waals surface area (Å²) in [5, 5.41) is 5.67. The molecule has 0 bridgehead atoms. The van der Waals surface area contributed by atoms with Gasteiger partial charge in [0.1, 0.15) is 11.4 Å². The number of hydrogen-bond acceptors (Lipinski definition) is 5. The van der Waals surface area contributed by atoms with Crippen LogP contribution >= 0.6 is 11.3 Å². The van der Waals surface area contributed by atoms with Crippen LogP contribution in [0.1, 0.15) is 49.0 Å². The van der Waals surface area contributed by atoms with Crippen LogP contribution in [0.15, 0.2) is 42.6 Å². The van der Waals surface area contributed by atoms with E-state index >= 15 is 0 Å². The zero-order valence-corrected chi connectivity index (χ0v) is 19.9. The number of aromatic amines is 1. The van der Waals surface area contributed by atoms with Gasteiger partial charge in [-0.2, -0.15) is 31.4 Å². The van der Waals surface area contributed by atoms with Crippen molar-refractivity contribution in [3.05, 3.63) is 59.0 Å². The lowest BCUT2D eigenvalue weighted by atomic mass is 10.1. The van der Waals surface area contributed by atoms with Gasteiger partial charge in [-0.15, -0.1) is 11.3 Å². The molecule has 0 saturated carbocycles. The van der Waals surface area contributed by atoms with E-state index in [-0.39, 0.29) is 22.8 Å². The summed E-state index contributed by atoms with van der Waals surface area (Å²) in [4.78, 5) is 13.1. The number of H-pyrrole nitrogens is 1. The molecule has 4 heterocycles. The highest BCUT2D eigenvalue weighted by Gasteiger charge is 2.35. The second-order valence-corrected chi connectivity index (χ2v) is 9.30. The third-order valence-electron chi connectivity index (χ3n) is 5.37. The number of aromatic nitrogens is 5. The highest BCUT2D eigenvalue weighted by molar-refractivity contribution is 7.15. The Hall–Kier alpha value is -3.28. The summed E-state index contributed by atoms with van der Waals surface area (Å²) in [6.07, 6.45) is -3.11. The van der Waals surface area contributed by atoms with Crippen LogP contribution in [-0.4, -0.2) is 25.1 Å². The van der Waals surface area contributed by atoms with Crippen molar-refractivity contribution in [3.63, 3.8) is 0 Å². The van der Waals surface area contributed by atoms with Gasteiger partial charge in [0.15, 0.2) is 0 Å². The van der Waals surface area contributed by atoms with Crippen molar-refractivity contribution < 1.29 is 26.3 Å². The van der Waals surface area contributed by atoms with Gasteiger partial charge in [-0.1, -0.05) is 26.2 Å². The molecule has 4 aromatic rings. The van der Waals surface area contributed by atoms with Gasteiger partial charge in [0.2, 0.25) is 5.82 Å². The van der Waals surface area contributed by atoms with Crippen LogP contribution in [-0.2, 0) is 18.8 Å². The molecule has 0 atom stereocenters. The lowest BCUT2D eigenvalue weighted by Crippen LogP contribution is -2.11. The summed E-state index contributed by atoms with van der Waals surface area (Å²) in [7, 11) is 0. The molecule has 1 N–H and O–H groups in total. The van der Waals surface area contributed by atoms with Crippen molar-refractivity contribution in [2.45, 2.75) is 51.4 Å².